The van der Waals surface area contributed by atoms with Crippen molar-refractivity contribution >= 4 is 17.7 Å². The van der Waals surface area contributed by atoms with Gasteiger partial charge in [0.2, 0.25) is 5.91 Å². The summed E-state index contributed by atoms with van der Waals surface area (Å²) < 4.78 is 0. The van der Waals surface area contributed by atoms with E-state index < -0.39 is 0 Å². The van der Waals surface area contributed by atoms with Crippen LogP contribution in [0.1, 0.15) is 44.9 Å². The first-order valence-electron chi connectivity index (χ1n) is 7.06. The highest BCUT2D eigenvalue weighted by atomic mass is 32.2. The van der Waals surface area contributed by atoms with Gasteiger partial charge in [0.25, 0.3) is 0 Å². The minimum atomic E-state index is 0.100. The molecular weight excluding hydrogens is 244 g/mol. The summed E-state index contributed by atoms with van der Waals surface area (Å²) in [7, 11) is 1.93. The second kappa shape index (κ2) is 8.05. The average molecular weight is 272 g/mol. The van der Waals surface area contributed by atoms with E-state index in [1.54, 1.807) is 0 Å². The zero-order valence-corrected chi connectivity index (χ0v) is 12.7. The number of thioether (sulfide) groups is 1. The highest BCUT2D eigenvalue weighted by molar-refractivity contribution is 7.98. The second-order valence-electron chi connectivity index (χ2n) is 5.60. The van der Waals surface area contributed by atoms with Gasteiger partial charge in [-0.25, -0.2) is 0 Å². The summed E-state index contributed by atoms with van der Waals surface area (Å²) in [5.74, 6) is 1.41. The van der Waals surface area contributed by atoms with Crippen LogP contribution in [0, 0.1) is 5.41 Å². The lowest BCUT2D eigenvalue weighted by molar-refractivity contribution is -0.132. The van der Waals surface area contributed by atoms with E-state index in [0.717, 1.165) is 31.6 Å². The molecule has 1 fully saturated rings. The van der Waals surface area contributed by atoms with E-state index in [1.165, 1.54) is 19.3 Å². The molecule has 0 spiro atoms. The Morgan fingerprint density at radius 1 is 1.33 bits per heavy atom. The van der Waals surface area contributed by atoms with Crippen LogP contribution in [0.25, 0.3) is 0 Å². The predicted molar refractivity (Wildman–Crippen MR) is 79.8 cm³/mol. The second-order valence-corrected chi connectivity index (χ2v) is 6.59. The first kappa shape index (κ1) is 15.8. The van der Waals surface area contributed by atoms with Crippen molar-refractivity contribution in [2.45, 2.75) is 44.9 Å². The molecule has 0 aliphatic heterocycles. The Morgan fingerprint density at radius 2 is 2.00 bits per heavy atom. The van der Waals surface area contributed by atoms with Crippen LogP contribution in [0.15, 0.2) is 0 Å². The normalized spacial score (nSPS) is 18.6. The van der Waals surface area contributed by atoms with Crippen LogP contribution in [0.5, 0.6) is 0 Å². The van der Waals surface area contributed by atoms with Crippen molar-refractivity contribution in [1.29, 1.82) is 0 Å². The molecule has 18 heavy (non-hydrogen) atoms. The number of amides is 1. The Hall–Kier alpha value is -0.220. The number of rotatable bonds is 7. The lowest BCUT2D eigenvalue weighted by Crippen LogP contribution is -2.39. The van der Waals surface area contributed by atoms with E-state index in [4.69, 9.17) is 5.73 Å². The van der Waals surface area contributed by atoms with Gasteiger partial charge >= 0.3 is 0 Å². The Morgan fingerprint density at radius 3 is 2.56 bits per heavy atom. The number of carbonyl (C=O) groups excluding carboxylic acids is 1. The Balaban J connectivity index is 2.40. The quantitative estimate of drug-likeness (QED) is 0.724. The first-order valence-corrected chi connectivity index (χ1v) is 8.46. The van der Waals surface area contributed by atoms with Gasteiger partial charge in [-0.2, -0.15) is 11.8 Å². The molecule has 1 aliphatic carbocycles. The molecule has 1 saturated carbocycles. The lowest BCUT2D eigenvalue weighted by atomic mass is 9.71. The van der Waals surface area contributed by atoms with E-state index in [1.807, 2.05) is 23.7 Å². The fourth-order valence-corrected chi connectivity index (χ4v) is 3.20. The minimum absolute atomic E-state index is 0.100. The topological polar surface area (TPSA) is 46.3 Å². The summed E-state index contributed by atoms with van der Waals surface area (Å²) in [5, 5.41) is 0. The monoisotopic (exact) mass is 272 g/mol. The van der Waals surface area contributed by atoms with E-state index in [0.29, 0.717) is 13.0 Å². The van der Waals surface area contributed by atoms with Gasteiger partial charge in [-0.15, -0.1) is 0 Å². The summed E-state index contributed by atoms with van der Waals surface area (Å²) in [6.45, 7) is 1.54. The molecule has 1 rings (SSSR count). The predicted octanol–water partition coefficient (Wildman–Crippen LogP) is 2.50. The van der Waals surface area contributed by atoms with Gasteiger partial charge in [0, 0.05) is 20.0 Å². The zero-order chi connectivity index (χ0) is 13.4. The maximum absolute atomic E-state index is 12.2. The van der Waals surface area contributed by atoms with Crippen molar-refractivity contribution < 1.29 is 4.79 Å². The van der Waals surface area contributed by atoms with E-state index in [2.05, 4.69) is 6.26 Å². The molecule has 106 valence electrons. The zero-order valence-electron chi connectivity index (χ0n) is 11.9. The number of nitrogens with two attached hydrogens (primary N) is 1. The van der Waals surface area contributed by atoms with Crippen LogP contribution >= 0.6 is 11.8 Å². The highest BCUT2D eigenvalue weighted by Crippen LogP contribution is 2.38. The number of hydrogen-bond acceptors (Lipinski definition) is 3. The van der Waals surface area contributed by atoms with Crippen LogP contribution in [0.4, 0.5) is 0 Å². The van der Waals surface area contributed by atoms with Gasteiger partial charge in [0.1, 0.15) is 0 Å². The fraction of sp³-hybridized carbons (Fsp3) is 0.929. The summed E-state index contributed by atoms with van der Waals surface area (Å²) in [4.78, 5) is 14.1. The average Bonchev–Trinajstić information content (AvgIpc) is 2.40. The van der Waals surface area contributed by atoms with Gasteiger partial charge in [-0.05, 0) is 43.2 Å². The number of hydrogen-bond donors (Lipinski definition) is 1. The molecule has 0 bridgehead atoms. The largest absolute Gasteiger partial charge is 0.346 e. The molecule has 0 heterocycles. The fourth-order valence-electron chi connectivity index (χ4n) is 2.78. The first-order chi connectivity index (χ1) is 8.63. The molecule has 3 nitrogen and oxygen atoms in total. The molecule has 0 saturated heterocycles. The van der Waals surface area contributed by atoms with Crippen LogP contribution in [-0.4, -0.2) is 43.0 Å². The molecule has 4 heteroatoms. The Bertz CT molecular complexity index is 252. The summed E-state index contributed by atoms with van der Waals surface area (Å²) in [6, 6.07) is 0. The van der Waals surface area contributed by atoms with Gasteiger partial charge in [0.05, 0.1) is 0 Å². The molecule has 0 aromatic carbocycles. The van der Waals surface area contributed by atoms with Crippen LogP contribution in [-0.2, 0) is 4.79 Å². The standard InChI is InChI=1S/C14H28N2OS/c1-16(9-6-10-18-2)13(17)11-14(12-15)7-4-3-5-8-14/h3-12,15H2,1-2H3. The lowest BCUT2D eigenvalue weighted by Gasteiger charge is -2.36. The maximum atomic E-state index is 12.2. The molecule has 0 atom stereocenters. The van der Waals surface area contributed by atoms with E-state index in [9.17, 15) is 4.79 Å². The summed E-state index contributed by atoms with van der Waals surface area (Å²) in [6.07, 6.45) is 9.88. The van der Waals surface area contributed by atoms with Gasteiger partial charge in [0.15, 0.2) is 0 Å². The van der Waals surface area contributed by atoms with Crippen molar-refractivity contribution in [2.24, 2.45) is 11.1 Å². The smallest absolute Gasteiger partial charge is 0.222 e. The number of nitrogens with zero attached hydrogens (tertiary/aromatic N) is 1. The van der Waals surface area contributed by atoms with Gasteiger partial charge in [-0.3, -0.25) is 4.79 Å². The van der Waals surface area contributed by atoms with Gasteiger partial charge in [-0.1, -0.05) is 19.3 Å². The molecule has 0 unspecified atom stereocenters. The van der Waals surface area contributed by atoms with E-state index >= 15 is 0 Å². The SMILES string of the molecule is CSCCCN(C)C(=O)CC1(CN)CCCCC1. The molecule has 2 N–H and O–H groups in total. The minimum Gasteiger partial charge on any atom is -0.346 e. The summed E-state index contributed by atoms with van der Waals surface area (Å²) >= 11 is 1.84. The van der Waals surface area contributed by atoms with Crippen molar-refractivity contribution in [3.05, 3.63) is 0 Å². The Labute approximate surface area is 116 Å². The molecule has 0 radical (unpaired) electrons. The van der Waals surface area contributed by atoms with E-state index in [-0.39, 0.29) is 11.3 Å². The third-order valence-electron chi connectivity index (χ3n) is 4.14. The third kappa shape index (κ3) is 4.81. The Kier molecular flexibility index (Phi) is 7.08. The van der Waals surface area contributed by atoms with Crippen molar-refractivity contribution in [2.75, 3.05) is 32.1 Å². The molecule has 1 aliphatic rings. The maximum Gasteiger partial charge on any atom is 0.222 e. The van der Waals surface area contributed by atoms with Crippen LogP contribution < -0.4 is 5.73 Å². The number of carbonyl (C=O) groups is 1. The van der Waals surface area contributed by atoms with Crippen molar-refractivity contribution in [3.63, 3.8) is 0 Å². The van der Waals surface area contributed by atoms with Crippen molar-refractivity contribution in [3.8, 4) is 0 Å². The molecular formula is C14H28N2OS. The molecule has 0 aromatic heterocycles. The van der Waals surface area contributed by atoms with Gasteiger partial charge < -0.3 is 10.6 Å². The van der Waals surface area contributed by atoms with Crippen LogP contribution in [0.2, 0.25) is 0 Å². The third-order valence-corrected chi connectivity index (χ3v) is 4.84. The van der Waals surface area contributed by atoms with Crippen molar-refractivity contribution in [1.82, 2.24) is 4.90 Å². The molecule has 1 amide bonds. The molecule has 0 aromatic rings. The summed E-state index contributed by atoms with van der Waals surface area (Å²) in [5.41, 5.74) is 6.03. The van der Waals surface area contributed by atoms with Crippen LogP contribution in [0.3, 0.4) is 0 Å². The highest BCUT2D eigenvalue weighted by Gasteiger charge is 2.33.